The number of carbonyl (C=O) groups is 1. The van der Waals surface area contributed by atoms with E-state index in [1.165, 1.54) is 28.7 Å². The van der Waals surface area contributed by atoms with E-state index in [9.17, 15) is 19.7 Å². The van der Waals surface area contributed by atoms with Gasteiger partial charge in [-0.05, 0) is 30.7 Å². The molecule has 0 saturated heterocycles. The fourth-order valence-corrected chi connectivity index (χ4v) is 2.32. The summed E-state index contributed by atoms with van der Waals surface area (Å²) in [7, 11) is 0. The highest BCUT2D eigenvalue weighted by Crippen LogP contribution is 2.20. The van der Waals surface area contributed by atoms with Crippen LogP contribution in [0.25, 0.3) is 5.65 Å². The van der Waals surface area contributed by atoms with Crippen molar-refractivity contribution in [2.75, 3.05) is 5.32 Å². The molecule has 0 atom stereocenters. The summed E-state index contributed by atoms with van der Waals surface area (Å²) in [4.78, 5) is 38.3. The summed E-state index contributed by atoms with van der Waals surface area (Å²) in [6, 6.07) is 9.10. The summed E-state index contributed by atoms with van der Waals surface area (Å²) >= 11 is 0. The standard InChI is InChI=1S/C16H12N4O4/c1-10-3-2-8-19-15(10)18-14(13(9-21)16(19)22)17-11-4-6-12(7-5-11)20(23)24/h2-9,17H,1H3. The van der Waals surface area contributed by atoms with Crippen LogP contribution in [-0.2, 0) is 0 Å². The first-order valence-electron chi connectivity index (χ1n) is 7.00. The molecular formula is C16H12N4O4. The minimum absolute atomic E-state index is 0.0569. The summed E-state index contributed by atoms with van der Waals surface area (Å²) in [5.41, 5.74) is 1.03. The lowest BCUT2D eigenvalue weighted by Crippen LogP contribution is -2.22. The van der Waals surface area contributed by atoms with Crippen LogP contribution in [0.15, 0.2) is 47.4 Å². The van der Waals surface area contributed by atoms with Gasteiger partial charge in [-0.2, -0.15) is 0 Å². The van der Waals surface area contributed by atoms with Gasteiger partial charge >= 0.3 is 0 Å². The Kier molecular flexibility index (Phi) is 3.78. The van der Waals surface area contributed by atoms with Gasteiger partial charge in [-0.1, -0.05) is 6.07 Å². The molecule has 0 aliphatic carbocycles. The molecule has 0 unspecified atom stereocenters. The third kappa shape index (κ3) is 2.60. The quantitative estimate of drug-likeness (QED) is 0.449. The zero-order valence-electron chi connectivity index (χ0n) is 12.6. The number of anilines is 2. The van der Waals surface area contributed by atoms with Gasteiger partial charge in [0.05, 0.1) is 4.92 Å². The van der Waals surface area contributed by atoms with Gasteiger partial charge < -0.3 is 5.32 Å². The lowest BCUT2D eigenvalue weighted by molar-refractivity contribution is -0.384. The highest BCUT2D eigenvalue weighted by Gasteiger charge is 2.14. The van der Waals surface area contributed by atoms with E-state index in [1.54, 1.807) is 25.3 Å². The van der Waals surface area contributed by atoms with Gasteiger partial charge in [-0.25, -0.2) is 4.98 Å². The number of non-ortho nitro benzene ring substituents is 1. The molecule has 0 aliphatic heterocycles. The van der Waals surface area contributed by atoms with Crippen molar-refractivity contribution in [3.05, 3.63) is 74.2 Å². The number of benzene rings is 1. The Hall–Kier alpha value is -3.55. The van der Waals surface area contributed by atoms with Crippen molar-refractivity contribution in [1.82, 2.24) is 9.38 Å². The molecule has 0 aliphatic rings. The van der Waals surface area contributed by atoms with E-state index >= 15 is 0 Å². The molecule has 8 nitrogen and oxygen atoms in total. The molecule has 0 amide bonds. The monoisotopic (exact) mass is 324 g/mol. The number of carbonyl (C=O) groups excluding carboxylic acids is 1. The first kappa shape index (κ1) is 15.3. The third-order valence-corrected chi connectivity index (χ3v) is 3.54. The normalized spacial score (nSPS) is 10.5. The maximum Gasteiger partial charge on any atom is 0.270 e. The van der Waals surface area contributed by atoms with Crippen LogP contribution in [0, 0.1) is 17.0 Å². The third-order valence-electron chi connectivity index (χ3n) is 3.54. The number of rotatable bonds is 4. The fraction of sp³-hybridized carbons (Fsp3) is 0.0625. The van der Waals surface area contributed by atoms with Gasteiger partial charge in [0, 0.05) is 24.0 Å². The predicted octanol–water partition coefficient (Wildman–Crippen LogP) is 2.47. The predicted molar refractivity (Wildman–Crippen MR) is 88.0 cm³/mol. The minimum Gasteiger partial charge on any atom is -0.339 e. The summed E-state index contributed by atoms with van der Waals surface area (Å²) in [5, 5.41) is 13.6. The summed E-state index contributed by atoms with van der Waals surface area (Å²) in [6.45, 7) is 1.80. The molecule has 0 bridgehead atoms. The molecule has 0 radical (unpaired) electrons. The summed E-state index contributed by atoms with van der Waals surface area (Å²) in [6.07, 6.45) is 1.98. The lowest BCUT2D eigenvalue weighted by Gasteiger charge is -2.10. The van der Waals surface area contributed by atoms with E-state index in [2.05, 4.69) is 10.3 Å². The molecule has 2 heterocycles. The van der Waals surface area contributed by atoms with Crippen LogP contribution in [0.1, 0.15) is 15.9 Å². The van der Waals surface area contributed by atoms with E-state index < -0.39 is 10.5 Å². The number of hydrogen-bond acceptors (Lipinski definition) is 6. The number of aryl methyl sites for hydroxylation is 1. The van der Waals surface area contributed by atoms with E-state index in [4.69, 9.17) is 0 Å². The second kappa shape index (κ2) is 5.92. The van der Waals surface area contributed by atoms with E-state index in [0.717, 1.165) is 5.56 Å². The van der Waals surface area contributed by atoms with Crippen LogP contribution in [0.5, 0.6) is 0 Å². The Bertz CT molecular complexity index is 1010. The average molecular weight is 324 g/mol. The number of nitro benzene ring substituents is 1. The first-order valence-corrected chi connectivity index (χ1v) is 7.00. The Morgan fingerprint density at radius 3 is 2.58 bits per heavy atom. The molecule has 0 saturated carbocycles. The molecule has 1 N–H and O–H groups in total. The Morgan fingerprint density at radius 1 is 1.25 bits per heavy atom. The van der Waals surface area contributed by atoms with Crippen LogP contribution >= 0.6 is 0 Å². The van der Waals surface area contributed by atoms with Crippen molar-refractivity contribution in [1.29, 1.82) is 0 Å². The van der Waals surface area contributed by atoms with E-state index in [0.29, 0.717) is 17.6 Å². The number of pyridine rings is 1. The highest BCUT2D eigenvalue weighted by atomic mass is 16.6. The number of nitro groups is 1. The van der Waals surface area contributed by atoms with Crippen molar-refractivity contribution in [3.63, 3.8) is 0 Å². The molecule has 8 heteroatoms. The SMILES string of the molecule is Cc1cccn2c(=O)c(C=O)c(Nc3ccc([N+](=O)[O-])cc3)nc12. The van der Waals surface area contributed by atoms with Crippen molar-refractivity contribution < 1.29 is 9.72 Å². The Morgan fingerprint density at radius 2 is 1.96 bits per heavy atom. The largest absolute Gasteiger partial charge is 0.339 e. The molecular weight excluding hydrogens is 312 g/mol. The van der Waals surface area contributed by atoms with Crippen LogP contribution in [-0.4, -0.2) is 20.6 Å². The zero-order valence-corrected chi connectivity index (χ0v) is 12.6. The first-order chi connectivity index (χ1) is 11.5. The number of nitrogens with zero attached hydrogens (tertiary/aromatic N) is 3. The molecule has 0 fully saturated rings. The molecule has 0 spiro atoms. The van der Waals surface area contributed by atoms with Crippen molar-refractivity contribution >= 4 is 29.1 Å². The molecule has 2 aromatic heterocycles. The molecule has 120 valence electrons. The van der Waals surface area contributed by atoms with Gasteiger partial charge in [-0.15, -0.1) is 0 Å². The maximum atomic E-state index is 12.4. The zero-order chi connectivity index (χ0) is 17.3. The van der Waals surface area contributed by atoms with Gasteiger partial charge in [0.15, 0.2) is 6.29 Å². The van der Waals surface area contributed by atoms with Crippen LogP contribution in [0.3, 0.4) is 0 Å². The smallest absolute Gasteiger partial charge is 0.270 e. The molecule has 3 rings (SSSR count). The second-order valence-electron chi connectivity index (χ2n) is 5.11. The van der Waals surface area contributed by atoms with E-state index in [-0.39, 0.29) is 17.1 Å². The van der Waals surface area contributed by atoms with Crippen LogP contribution in [0.2, 0.25) is 0 Å². The van der Waals surface area contributed by atoms with Crippen LogP contribution in [0.4, 0.5) is 17.2 Å². The van der Waals surface area contributed by atoms with E-state index in [1.807, 2.05) is 0 Å². The Balaban J connectivity index is 2.11. The van der Waals surface area contributed by atoms with Crippen molar-refractivity contribution in [2.24, 2.45) is 0 Å². The van der Waals surface area contributed by atoms with Gasteiger partial charge in [-0.3, -0.25) is 24.1 Å². The number of nitrogens with one attached hydrogen (secondary N) is 1. The number of hydrogen-bond donors (Lipinski definition) is 1. The Labute approximate surface area is 135 Å². The van der Waals surface area contributed by atoms with Crippen LogP contribution < -0.4 is 10.9 Å². The molecule has 1 aromatic carbocycles. The van der Waals surface area contributed by atoms with Gasteiger partial charge in [0.25, 0.3) is 11.2 Å². The number of aromatic nitrogens is 2. The summed E-state index contributed by atoms with van der Waals surface area (Å²) < 4.78 is 1.31. The molecule has 24 heavy (non-hydrogen) atoms. The van der Waals surface area contributed by atoms with Crippen molar-refractivity contribution in [3.8, 4) is 0 Å². The minimum atomic E-state index is -0.509. The maximum absolute atomic E-state index is 12.4. The van der Waals surface area contributed by atoms with Gasteiger partial charge in [0.2, 0.25) is 0 Å². The molecule has 3 aromatic rings. The van der Waals surface area contributed by atoms with Crippen molar-refractivity contribution in [2.45, 2.75) is 6.92 Å². The van der Waals surface area contributed by atoms with Gasteiger partial charge in [0.1, 0.15) is 17.0 Å². The highest BCUT2D eigenvalue weighted by molar-refractivity contribution is 5.84. The summed E-state index contributed by atoms with van der Waals surface area (Å²) in [5.74, 6) is 0.109. The topological polar surface area (TPSA) is 107 Å². The lowest BCUT2D eigenvalue weighted by atomic mass is 10.2. The average Bonchev–Trinajstić information content (AvgIpc) is 2.57. The number of fused-ring (bicyclic) bond motifs is 1. The second-order valence-corrected chi connectivity index (χ2v) is 5.11. The number of aldehydes is 1. The fourth-order valence-electron chi connectivity index (χ4n) is 2.32.